The summed E-state index contributed by atoms with van der Waals surface area (Å²) in [6.07, 6.45) is 1.60. The van der Waals surface area contributed by atoms with Gasteiger partial charge in [0.05, 0.1) is 11.9 Å². The molecule has 194 valence electrons. The number of nitrogens with one attached hydrogen (secondary N) is 1. The van der Waals surface area contributed by atoms with Crippen LogP contribution in [0.2, 0.25) is 0 Å². The number of benzene rings is 3. The molecule has 1 amide bonds. The number of anilines is 1. The molecule has 38 heavy (non-hydrogen) atoms. The van der Waals surface area contributed by atoms with Gasteiger partial charge in [0.25, 0.3) is 5.91 Å². The van der Waals surface area contributed by atoms with Crippen LogP contribution < -0.4 is 10.3 Å². The number of para-hydroxylation sites is 2. The van der Waals surface area contributed by atoms with Gasteiger partial charge in [-0.25, -0.2) is 9.82 Å². The van der Waals surface area contributed by atoms with Gasteiger partial charge in [-0.15, -0.1) is 0 Å². The first kappa shape index (κ1) is 25.4. The highest BCUT2D eigenvalue weighted by Crippen LogP contribution is 2.22. The van der Waals surface area contributed by atoms with E-state index in [1.54, 1.807) is 18.3 Å². The maximum absolute atomic E-state index is 14.3. The molecule has 6 nitrogen and oxygen atoms in total. The largest absolute Gasteiger partial charge is 0.369 e. The Hall–Kier alpha value is -4.23. The lowest BCUT2D eigenvalue weighted by Crippen LogP contribution is -2.45. The minimum atomic E-state index is -0.288. The summed E-state index contributed by atoms with van der Waals surface area (Å²) in [5, 5.41) is 4.15. The van der Waals surface area contributed by atoms with Crippen LogP contribution in [0.25, 0.3) is 5.69 Å². The van der Waals surface area contributed by atoms with E-state index in [9.17, 15) is 9.18 Å². The van der Waals surface area contributed by atoms with E-state index in [-0.39, 0.29) is 11.7 Å². The molecule has 1 aliphatic rings. The van der Waals surface area contributed by atoms with E-state index in [0.717, 1.165) is 49.7 Å². The zero-order valence-corrected chi connectivity index (χ0v) is 21.8. The Balaban J connectivity index is 1.15. The smallest absolute Gasteiger partial charge is 0.271 e. The van der Waals surface area contributed by atoms with E-state index in [0.29, 0.717) is 11.3 Å². The highest BCUT2D eigenvalue weighted by Gasteiger charge is 2.17. The van der Waals surface area contributed by atoms with Crippen LogP contribution in [-0.4, -0.2) is 47.8 Å². The number of halogens is 1. The fourth-order valence-electron chi connectivity index (χ4n) is 4.97. The SMILES string of the molecule is Cc1cc(/C=N/NC(=O)c2ccc(CN3CCN(c4ccccc4)CC3)cc2)c(C)n1-c1ccccc1F. The van der Waals surface area contributed by atoms with Gasteiger partial charge in [-0.2, -0.15) is 5.10 Å². The van der Waals surface area contributed by atoms with Crippen molar-refractivity contribution < 1.29 is 9.18 Å². The molecule has 1 N–H and O–H groups in total. The molecule has 1 aromatic heterocycles. The average molecular weight is 510 g/mol. The topological polar surface area (TPSA) is 52.9 Å². The number of aromatic nitrogens is 1. The molecule has 0 radical (unpaired) electrons. The maximum atomic E-state index is 14.3. The molecule has 2 heterocycles. The van der Waals surface area contributed by atoms with Crippen molar-refractivity contribution >= 4 is 17.8 Å². The second kappa shape index (κ2) is 11.4. The Morgan fingerprint density at radius 3 is 2.32 bits per heavy atom. The molecule has 1 aliphatic heterocycles. The minimum Gasteiger partial charge on any atom is -0.369 e. The Morgan fingerprint density at radius 1 is 0.921 bits per heavy atom. The summed E-state index contributed by atoms with van der Waals surface area (Å²) in [6.45, 7) is 8.70. The van der Waals surface area contributed by atoms with Gasteiger partial charge in [-0.05, 0) is 61.9 Å². The number of hydrazone groups is 1. The fourth-order valence-corrected chi connectivity index (χ4v) is 4.97. The summed E-state index contributed by atoms with van der Waals surface area (Å²) in [4.78, 5) is 17.5. The first-order valence-corrected chi connectivity index (χ1v) is 12.9. The van der Waals surface area contributed by atoms with E-state index in [2.05, 4.69) is 44.6 Å². The molecule has 3 aromatic carbocycles. The third-order valence-corrected chi connectivity index (χ3v) is 7.05. The third kappa shape index (κ3) is 5.68. The van der Waals surface area contributed by atoms with Crippen LogP contribution in [0.4, 0.5) is 10.1 Å². The van der Waals surface area contributed by atoms with E-state index in [1.807, 2.05) is 60.9 Å². The summed E-state index contributed by atoms with van der Waals surface area (Å²) < 4.78 is 16.2. The predicted octanol–water partition coefficient (Wildman–Crippen LogP) is 5.32. The predicted molar refractivity (Wildman–Crippen MR) is 151 cm³/mol. The fraction of sp³-hybridized carbons (Fsp3) is 0.226. The number of aryl methyl sites for hydroxylation is 1. The van der Waals surface area contributed by atoms with Crippen molar-refractivity contribution in [3.8, 4) is 5.69 Å². The average Bonchev–Trinajstić information content (AvgIpc) is 3.22. The molecule has 0 saturated carbocycles. The van der Waals surface area contributed by atoms with E-state index in [1.165, 1.54) is 17.3 Å². The van der Waals surface area contributed by atoms with Crippen LogP contribution in [0.1, 0.15) is 32.9 Å². The van der Waals surface area contributed by atoms with Gasteiger partial charge in [0, 0.05) is 60.9 Å². The molecule has 0 spiro atoms. The van der Waals surface area contributed by atoms with Gasteiger partial charge in [0.2, 0.25) is 0 Å². The van der Waals surface area contributed by atoms with Crippen LogP contribution in [0.5, 0.6) is 0 Å². The Labute approximate surface area is 223 Å². The second-order valence-corrected chi connectivity index (χ2v) is 9.61. The quantitative estimate of drug-likeness (QED) is 0.271. The van der Waals surface area contributed by atoms with Crippen LogP contribution in [0, 0.1) is 19.7 Å². The van der Waals surface area contributed by atoms with Crippen molar-refractivity contribution in [3.63, 3.8) is 0 Å². The molecule has 0 unspecified atom stereocenters. The highest BCUT2D eigenvalue weighted by atomic mass is 19.1. The van der Waals surface area contributed by atoms with Gasteiger partial charge in [0.15, 0.2) is 0 Å². The molecule has 4 aromatic rings. The number of piperazine rings is 1. The second-order valence-electron chi connectivity index (χ2n) is 9.61. The highest BCUT2D eigenvalue weighted by molar-refractivity contribution is 5.95. The van der Waals surface area contributed by atoms with Crippen LogP contribution in [0.15, 0.2) is 90.0 Å². The summed E-state index contributed by atoms with van der Waals surface area (Å²) in [7, 11) is 0. The van der Waals surface area contributed by atoms with Gasteiger partial charge in [-0.3, -0.25) is 9.69 Å². The maximum Gasteiger partial charge on any atom is 0.271 e. The van der Waals surface area contributed by atoms with Crippen molar-refractivity contribution in [2.24, 2.45) is 5.10 Å². The van der Waals surface area contributed by atoms with Gasteiger partial charge >= 0.3 is 0 Å². The molecule has 1 fully saturated rings. The summed E-state index contributed by atoms with van der Waals surface area (Å²) in [5.41, 5.74) is 8.65. The van der Waals surface area contributed by atoms with Crippen molar-refractivity contribution in [1.29, 1.82) is 0 Å². The molecule has 0 atom stereocenters. The van der Waals surface area contributed by atoms with Crippen LogP contribution in [0.3, 0.4) is 0 Å². The van der Waals surface area contributed by atoms with Crippen molar-refractivity contribution in [2.75, 3.05) is 31.1 Å². The first-order chi connectivity index (χ1) is 18.5. The molecular weight excluding hydrogens is 477 g/mol. The minimum absolute atomic E-state index is 0.271. The van der Waals surface area contributed by atoms with E-state index >= 15 is 0 Å². The lowest BCUT2D eigenvalue weighted by molar-refractivity contribution is 0.0955. The number of hydrogen-bond acceptors (Lipinski definition) is 4. The van der Waals surface area contributed by atoms with Crippen molar-refractivity contribution in [3.05, 3.63) is 119 Å². The number of carbonyl (C=O) groups excluding carboxylic acids is 1. The number of carbonyl (C=O) groups is 1. The summed E-state index contributed by atoms with van der Waals surface area (Å²) >= 11 is 0. The van der Waals surface area contributed by atoms with E-state index in [4.69, 9.17) is 0 Å². The Morgan fingerprint density at radius 2 is 1.61 bits per heavy atom. The Bertz CT molecular complexity index is 1420. The molecule has 0 bridgehead atoms. The standard InChI is InChI=1S/C31H32FN5O/c1-23-20-27(24(2)37(23)30-11-7-6-10-29(30)32)21-33-34-31(38)26-14-12-25(13-15-26)22-35-16-18-36(19-17-35)28-8-4-3-5-9-28/h3-15,20-21H,16-19,22H2,1-2H3,(H,34,38)/b33-21+. The molecule has 5 rings (SSSR count). The van der Waals surface area contributed by atoms with Gasteiger partial charge < -0.3 is 9.47 Å². The van der Waals surface area contributed by atoms with Crippen molar-refractivity contribution in [1.82, 2.24) is 14.9 Å². The summed E-state index contributed by atoms with van der Waals surface area (Å²) in [5.74, 6) is -0.559. The lowest BCUT2D eigenvalue weighted by atomic mass is 10.1. The van der Waals surface area contributed by atoms with E-state index < -0.39 is 0 Å². The zero-order chi connectivity index (χ0) is 26.5. The molecular formula is C31H32FN5O. The van der Waals surface area contributed by atoms with Crippen LogP contribution >= 0.6 is 0 Å². The monoisotopic (exact) mass is 509 g/mol. The normalized spacial score (nSPS) is 14.2. The molecule has 1 saturated heterocycles. The number of nitrogens with zero attached hydrogens (tertiary/aromatic N) is 4. The molecule has 7 heteroatoms. The van der Waals surface area contributed by atoms with Gasteiger partial charge in [-0.1, -0.05) is 42.5 Å². The first-order valence-electron chi connectivity index (χ1n) is 12.9. The molecule has 0 aliphatic carbocycles. The number of rotatable bonds is 7. The van der Waals surface area contributed by atoms with Crippen molar-refractivity contribution in [2.45, 2.75) is 20.4 Å². The van der Waals surface area contributed by atoms with Gasteiger partial charge in [0.1, 0.15) is 5.82 Å². The lowest BCUT2D eigenvalue weighted by Gasteiger charge is -2.36. The van der Waals surface area contributed by atoms with Crippen LogP contribution in [-0.2, 0) is 6.54 Å². The number of hydrogen-bond donors (Lipinski definition) is 1. The third-order valence-electron chi connectivity index (χ3n) is 7.05. The number of amides is 1. The zero-order valence-electron chi connectivity index (χ0n) is 21.8. The summed E-state index contributed by atoms with van der Waals surface area (Å²) in [6, 6.07) is 26.8. The Kier molecular flexibility index (Phi) is 7.65.